The molecular weight excluding hydrogens is 290 g/mol. The lowest BCUT2D eigenvalue weighted by Crippen LogP contribution is -2.22. The Bertz CT molecular complexity index is 561. The van der Waals surface area contributed by atoms with E-state index in [-0.39, 0.29) is 11.7 Å². The van der Waals surface area contributed by atoms with Gasteiger partial charge in [0.25, 0.3) is 0 Å². The molecule has 0 aliphatic carbocycles. The molecule has 0 amide bonds. The maximum absolute atomic E-state index is 14.2. The summed E-state index contributed by atoms with van der Waals surface area (Å²) in [5, 5.41) is 3.92. The molecule has 114 valence electrons. The van der Waals surface area contributed by atoms with Gasteiger partial charge in [0, 0.05) is 19.6 Å². The second-order valence-corrected chi connectivity index (χ2v) is 6.05. The van der Waals surface area contributed by atoms with Crippen LogP contribution in [0.3, 0.4) is 0 Å². The Hall–Kier alpha value is -1.46. The van der Waals surface area contributed by atoms with Gasteiger partial charge in [-0.3, -0.25) is 0 Å². The molecule has 1 atom stereocenters. The van der Waals surface area contributed by atoms with Crippen molar-refractivity contribution in [2.45, 2.75) is 32.4 Å². The average molecular weight is 310 g/mol. The molecule has 5 heteroatoms. The molecular formula is C16H20F2N2S. The lowest BCUT2D eigenvalue weighted by atomic mass is 10.0. The fourth-order valence-corrected chi connectivity index (χ4v) is 2.94. The maximum atomic E-state index is 14.2. The van der Waals surface area contributed by atoms with Crippen LogP contribution in [0.5, 0.6) is 0 Å². The minimum Gasteiger partial charge on any atom is -0.365 e. The molecule has 0 bridgehead atoms. The van der Waals surface area contributed by atoms with Crippen molar-refractivity contribution >= 4 is 17.0 Å². The first-order chi connectivity index (χ1) is 10.0. The number of halogens is 2. The van der Waals surface area contributed by atoms with Crippen LogP contribution in [-0.4, -0.2) is 13.1 Å². The molecule has 1 unspecified atom stereocenters. The summed E-state index contributed by atoms with van der Waals surface area (Å²) in [5.41, 5.74) is 7.49. The summed E-state index contributed by atoms with van der Waals surface area (Å²) in [6.07, 6.45) is 1.27. The van der Waals surface area contributed by atoms with E-state index in [1.807, 2.05) is 23.8 Å². The van der Waals surface area contributed by atoms with Crippen molar-refractivity contribution in [3.8, 4) is 0 Å². The molecule has 0 fully saturated rings. The zero-order chi connectivity index (χ0) is 15.4. The van der Waals surface area contributed by atoms with Crippen LogP contribution in [0.25, 0.3) is 0 Å². The smallest absolute Gasteiger partial charge is 0.149 e. The van der Waals surface area contributed by atoms with Gasteiger partial charge in [-0.1, -0.05) is 6.92 Å². The van der Waals surface area contributed by atoms with Crippen molar-refractivity contribution in [3.63, 3.8) is 0 Å². The molecule has 1 heterocycles. The van der Waals surface area contributed by atoms with Crippen molar-refractivity contribution in [2.24, 2.45) is 5.73 Å². The largest absolute Gasteiger partial charge is 0.365 e. The molecule has 0 saturated heterocycles. The number of benzene rings is 1. The van der Waals surface area contributed by atoms with E-state index < -0.39 is 11.6 Å². The lowest BCUT2D eigenvalue weighted by Gasteiger charge is -2.21. The molecule has 0 saturated carbocycles. The van der Waals surface area contributed by atoms with Crippen LogP contribution in [0.4, 0.5) is 14.5 Å². The Kier molecular flexibility index (Phi) is 5.31. The topological polar surface area (TPSA) is 29.3 Å². The predicted octanol–water partition coefficient (Wildman–Crippen LogP) is 3.94. The standard InChI is InChI=1S/C16H20F2N2S/c1-3-13(19)6-12-7-14(17)16(15(18)8-12)20(2)9-11-4-5-21-10-11/h4-5,7-8,10,13H,3,6,9,19H2,1-2H3. The quantitative estimate of drug-likeness (QED) is 0.875. The minimum atomic E-state index is -0.536. The van der Waals surface area contributed by atoms with E-state index in [4.69, 9.17) is 5.73 Å². The summed E-state index contributed by atoms with van der Waals surface area (Å²) in [5.74, 6) is -1.07. The first kappa shape index (κ1) is 15.9. The van der Waals surface area contributed by atoms with E-state index in [1.54, 1.807) is 23.3 Å². The molecule has 0 aliphatic heterocycles. The maximum Gasteiger partial charge on any atom is 0.149 e. The normalized spacial score (nSPS) is 12.4. The molecule has 2 nitrogen and oxygen atoms in total. The fourth-order valence-electron chi connectivity index (χ4n) is 2.28. The van der Waals surface area contributed by atoms with Crippen molar-refractivity contribution in [3.05, 3.63) is 51.7 Å². The average Bonchev–Trinajstić information content (AvgIpc) is 2.90. The van der Waals surface area contributed by atoms with E-state index >= 15 is 0 Å². The van der Waals surface area contributed by atoms with Gasteiger partial charge in [0.2, 0.25) is 0 Å². The summed E-state index contributed by atoms with van der Waals surface area (Å²) in [6.45, 7) is 2.44. The molecule has 0 aliphatic rings. The number of rotatable bonds is 6. The van der Waals surface area contributed by atoms with E-state index in [2.05, 4.69) is 0 Å². The Labute approximate surface area is 128 Å². The van der Waals surface area contributed by atoms with Crippen LogP contribution < -0.4 is 10.6 Å². The number of nitrogens with two attached hydrogens (primary N) is 1. The molecule has 2 aromatic rings. The number of hydrogen-bond donors (Lipinski definition) is 1. The molecule has 21 heavy (non-hydrogen) atoms. The second kappa shape index (κ2) is 7.00. The third-order valence-electron chi connectivity index (χ3n) is 3.48. The summed E-state index contributed by atoms with van der Waals surface area (Å²) < 4.78 is 28.4. The zero-order valence-corrected chi connectivity index (χ0v) is 13.1. The van der Waals surface area contributed by atoms with Gasteiger partial charge in [-0.05, 0) is 52.9 Å². The fraction of sp³-hybridized carbons (Fsp3) is 0.375. The first-order valence-electron chi connectivity index (χ1n) is 6.97. The van der Waals surface area contributed by atoms with Gasteiger partial charge in [0.05, 0.1) is 0 Å². The van der Waals surface area contributed by atoms with Crippen molar-refractivity contribution in [1.29, 1.82) is 0 Å². The summed E-state index contributed by atoms with van der Waals surface area (Å²) in [6, 6.07) is 4.65. The molecule has 1 aromatic carbocycles. The van der Waals surface area contributed by atoms with Crippen LogP contribution >= 0.6 is 11.3 Å². The molecule has 1 aromatic heterocycles. The molecule has 0 spiro atoms. The van der Waals surface area contributed by atoms with Crippen LogP contribution in [0.2, 0.25) is 0 Å². The zero-order valence-electron chi connectivity index (χ0n) is 12.3. The minimum absolute atomic E-state index is 0.00928. The highest BCUT2D eigenvalue weighted by Crippen LogP contribution is 2.26. The lowest BCUT2D eigenvalue weighted by molar-refractivity contribution is 0.567. The number of anilines is 1. The Balaban J connectivity index is 2.20. The van der Waals surface area contributed by atoms with E-state index in [0.29, 0.717) is 18.5 Å². The summed E-state index contributed by atoms with van der Waals surface area (Å²) >= 11 is 1.57. The van der Waals surface area contributed by atoms with Crippen molar-refractivity contribution in [1.82, 2.24) is 0 Å². The summed E-state index contributed by atoms with van der Waals surface area (Å²) in [4.78, 5) is 1.59. The van der Waals surface area contributed by atoms with Gasteiger partial charge in [0.1, 0.15) is 17.3 Å². The van der Waals surface area contributed by atoms with Gasteiger partial charge >= 0.3 is 0 Å². The molecule has 2 N–H and O–H groups in total. The highest BCUT2D eigenvalue weighted by molar-refractivity contribution is 7.07. The highest BCUT2D eigenvalue weighted by atomic mass is 32.1. The van der Waals surface area contributed by atoms with Crippen molar-refractivity contribution < 1.29 is 8.78 Å². The van der Waals surface area contributed by atoms with Crippen molar-refractivity contribution in [2.75, 3.05) is 11.9 Å². The van der Waals surface area contributed by atoms with Gasteiger partial charge < -0.3 is 10.6 Å². The van der Waals surface area contributed by atoms with Gasteiger partial charge in [0.15, 0.2) is 0 Å². The van der Waals surface area contributed by atoms with Crippen LogP contribution in [-0.2, 0) is 13.0 Å². The number of thiophene rings is 1. The third-order valence-corrected chi connectivity index (χ3v) is 4.21. The number of nitrogens with zero attached hydrogens (tertiary/aromatic N) is 1. The van der Waals surface area contributed by atoms with E-state index in [0.717, 1.165) is 12.0 Å². The van der Waals surface area contributed by atoms with E-state index in [1.165, 1.54) is 12.1 Å². The van der Waals surface area contributed by atoms with Gasteiger partial charge in [-0.25, -0.2) is 8.78 Å². The number of hydrogen-bond acceptors (Lipinski definition) is 3. The molecule has 0 radical (unpaired) electrons. The Morgan fingerprint density at radius 1 is 1.24 bits per heavy atom. The third kappa shape index (κ3) is 4.02. The molecule has 2 rings (SSSR count). The van der Waals surface area contributed by atoms with E-state index in [9.17, 15) is 8.78 Å². The predicted molar refractivity (Wildman–Crippen MR) is 84.8 cm³/mol. The highest BCUT2D eigenvalue weighted by Gasteiger charge is 2.16. The van der Waals surface area contributed by atoms with Gasteiger partial charge in [-0.15, -0.1) is 0 Å². The SMILES string of the molecule is CCC(N)Cc1cc(F)c(N(C)Cc2ccsc2)c(F)c1. The Morgan fingerprint density at radius 3 is 2.43 bits per heavy atom. The second-order valence-electron chi connectivity index (χ2n) is 5.27. The Morgan fingerprint density at radius 2 is 1.90 bits per heavy atom. The van der Waals surface area contributed by atoms with Crippen LogP contribution in [0.1, 0.15) is 24.5 Å². The monoisotopic (exact) mass is 310 g/mol. The van der Waals surface area contributed by atoms with Crippen LogP contribution in [0, 0.1) is 11.6 Å². The van der Waals surface area contributed by atoms with Gasteiger partial charge in [-0.2, -0.15) is 11.3 Å². The summed E-state index contributed by atoms with van der Waals surface area (Å²) in [7, 11) is 1.69. The first-order valence-corrected chi connectivity index (χ1v) is 7.91. The van der Waals surface area contributed by atoms with Crippen LogP contribution in [0.15, 0.2) is 29.0 Å².